The summed E-state index contributed by atoms with van der Waals surface area (Å²) in [4.78, 5) is 42.8. The molecule has 160 valence electrons. The Labute approximate surface area is 179 Å². The Balaban J connectivity index is 2.08. The molecule has 7 nitrogen and oxygen atoms in total. The topological polar surface area (TPSA) is 78.9 Å². The van der Waals surface area contributed by atoms with E-state index >= 15 is 0 Å². The van der Waals surface area contributed by atoms with Crippen LogP contribution in [0.2, 0.25) is 0 Å². The summed E-state index contributed by atoms with van der Waals surface area (Å²) in [6, 6.07) is 2.05. The molecule has 0 aliphatic carbocycles. The molecule has 1 aromatic carbocycles. The van der Waals surface area contributed by atoms with E-state index in [1.807, 2.05) is 46.1 Å². The highest BCUT2D eigenvalue weighted by Gasteiger charge is 2.23. The third kappa shape index (κ3) is 3.43. The van der Waals surface area contributed by atoms with Crippen molar-refractivity contribution in [1.29, 1.82) is 0 Å². The largest absolute Gasteiger partial charge is 0.332 e. The Morgan fingerprint density at radius 2 is 1.60 bits per heavy atom. The highest BCUT2D eigenvalue weighted by atomic mass is 32.2. The van der Waals surface area contributed by atoms with Gasteiger partial charge in [0.15, 0.2) is 22.1 Å². The van der Waals surface area contributed by atoms with E-state index in [1.54, 1.807) is 7.05 Å². The smallest absolute Gasteiger partial charge is 0.311 e. The fourth-order valence-corrected chi connectivity index (χ4v) is 4.81. The molecule has 0 spiro atoms. The number of Topliss-reactive ketones (excluding diaryl/α,β-unsaturated/α-hetero) is 1. The van der Waals surface area contributed by atoms with Crippen LogP contribution in [0.25, 0.3) is 11.2 Å². The van der Waals surface area contributed by atoms with Crippen LogP contribution in [0.15, 0.2) is 20.8 Å². The van der Waals surface area contributed by atoms with Crippen molar-refractivity contribution in [1.82, 2.24) is 18.7 Å². The fraction of sp³-hybridized carbons (Fsp3) is 0.455. The summed E-state index contributed by atoms with van der Waals surface area (Å²) in [6.45, 7) is 11.9. The number of hydrogen-bond acceptors (Lipinski definition) is 5. The summed E-state index contributed by atoms with van der Waals surface area (Å²) < 4.78 is 4.28. The van der Waals surface area contributed by atoms with Gasteiger partial charge in [-0.15, -0.1) is 0 Å². The van der Waals surface area contributed by atoms with E-state index in [4.69, 9.17) is 0 Å². The summed E-state index contributed by atoms with van der Waals surface area (Å²) in [5, 5.41) is 0.561. The zero-order chi connectivity index (χ0) is 22.5. The van der Waals surface area contributed by atoms with Gasteiger partial charge in [0.25, 0.3) is 5.56 Å². The first kappa shape index (κ1) is 22.1. The minimum atomic E-state index is -0.421. The van der Waals surface area contributed by atoms with E-state index in [9.17, 15) is 14.4 Å². The molecule has 3 rings (SSSR count). The number of carbonyl (C=O) groups excluding carboxylic acids is 1. The monoisotopic (exact) mass is 428 g/mol. The number of nitrogens with zero attached hydrogens (tertiary/aromatic N) is 4. The molecule has 0 saturated carbocycles. The lowest BCUT2D eigenvalue weighted by molar-refractivity contribution is 0.102. The molecule has 0 atom stereocenters. The number of ketones is 1. The van der Waals surface area contributed by atoms with Gasteiger partial charge < -0.3 is 4.57 Å². The average Bonchev–Trinajstić information content (AvgIpc) is 3.08. The summed E-state index contributed by atoms with van der Waals surface area (Å²) in [5.74, 6) is 0.237. The van der Waals surface area contributed by atoms with Crippen molar-refractivity contribution in [3.8, 4) is 0 Å². The molecular formula is C22H28N4O3S. The Bertz CT molecular complexity index is 1270. The average molecular weight is 429 g/mol. The molecule has 0 fully saturated rings. The predicted octanol–water partition coefficient (Wildman–Crippen LogP) is 3.22. The summed E-state index contributed by atoms with van der Waals surface area (Å²) in [5.41, 5.74) is 4.86. The minimum absolute atomic E-state index is 0.0333. The fourth-order valence-electron chi connectivity index (χ4n) is 3.81. The Morgan fingerprint density at radius 1 is 1.03 bits per heavy atom. The zero-order valence-corrected chi connectivity index (χ0v) is 19.6. The van der Waals surface area contributed by atoms with Crippen LogP contribution in [0.1, 0.15) is 52.5 Å². The van der Waals surface area contributed by atoms with E-state index in [2.05, 4.69) is 11.1 Å². The van der Waals surface area contributed by atoms with Crippen LogP contribution in [-0.2, 0) is 14.1 Å². The number of rotatable bonds is 5. The molecule has 0 N–H and O–H groups in total. The van der Waals surface area contributed by atoms with Crippen molar-refractivity contribution in [2.45, 2.75) is 52.7 Å². The highest BCUT2D eigenvalue weighted by molar-refractivity contribution is 7.99. The van der Waals surface area contributed by atoms with E-state index < -0.39 is 5.69 Å². The second-order valence-electron chi connectivity index (χ2n) is 8.08. The molecule has 2 heterocycles. The van der Waals surface area contributed by atoms with Gasteiger partial charge in [0.05, 0.1) is 5.75 Å². The van der Waals surface area contributed by atoms with Gasteiger partial charge in [-0.3, -0.25) is 18.7 Å². The predicted molar refractivity (Wildman–Crippen MR) is 121 cm³/mol. The van der Waals surface area contributed by atoms with E-state index in [1.165, 1.54) is 23.4 Å². The van der Waals surface area contributed by atoms with Crippen LogP contribution in [0.4, 0.5) is 0 Å². The molecule has 0 amide bonds. The third-order valence-corrected chi connectivity index (χ3v) is 6.71. The van der Waals surface area contributed by atoms with Crippen molar-refractivity contribution < 1.29 is 4.79 Å². The van der Waals surface area contributed by atoms with E-state index in [0.717, 1.165) is 32.4 Å². The SMILES string of the molecule is Cc1cc(C)c(C)c(C(=O)CSc2nc3c(c(=O)n(C)c(=O)n3C)n2C(C)C)c1C. The zero-order valence-electron chi connectivity index (χ0n) is 18.8. The highest BCUT2D eigenvalue weighted by Crippen LogP contribution is 2.28. The van der Waals surface area contributed by atoms with Gasteiger partial charge in [-0.05, 0) is 63.8 Å². The number of aryl methyl sites for hydroxylation is 3. The second-order valence-corrected chi connectivity index (χ2v) is 9.03. The number of hydrogen-bond donors (Lipinski definition) is 0. The number of fused-ring (bicyclic) bond motifs is 1. The molecule has 0 bridgehead atoms. The molecule has 8 heteroatoms. The van der Waals surface area contributed by atoms with Crippen LogP contribution < -0.4 is 11.2 Å². The van der Waals surface area contributed by atoms with Crippen LogP contribution >= 0.6 is 11.8 Å². The minimum Gasteiger partial charge on any atom is -0.311 e. The molecule has 0 aliphatic rings. The first-order valence-electron chi connectivity index (χ1n) is 9.88. The molecule has 0 saturated heterocycles. The Hall–Kier alpha value is -2.61. The van der Waals surface area contributed by atoms with Crippen molar-refractivity contribution in [3.63, 3.8) is 0 Å². The standard InChI is InChI=1S/C22H28N4O3S/c1-11(2)26-18-19(24(7)22(29)25(8)20(18)28)23-21(26)30-10-16(27)17-14(5)12(3)9-13(4)15(17)6/h9,11H,10H2,1-8H3. The maximum Gasteiger partial charge on any atom is 0.332 e. The molecule has 30 heavy (non-hydrogen) atoms. The lowest BCUT2D eigenvalue weighted by atomic mass is 9.92. The number of aromatic nitrogens is 4. The number of imidazole rings is 1. The molecule has 0 aliphatic heterocycles. The third-order valence-electron chi connectivity index (χ3n) is 5.75. The van der Waals surface area contributed by atoms with Gasteiger partial charge in [0.1, 0.15) is 0 Å². The Morgan fingerprint density at radius 3 is 2.13 bits per heavy atom. The van der Waals surface area contributed by atoms with Crippen LogP contribution in [0.5, 0.6) is 0 Å². The van der Waals surface area contributed by atoms with E-state index in [0.29, 0.717) is 16.3 Å². The summed E-state index contributed by atoms with van der Waals surface area (Å²) >= 11 is 1.30. The molecular weight excluding hydrogens is 400 g/mol. The van der Waals surface area contributed by atoms with Gasteiger partial charge in [-0.1, -0.05) is 17.8 Å². The second kappa shape index (κ2) is 7.91. The number of thioether (sulfide) groups is 1. The van der Waals surface area contributed by atoms with Gasteiger partial charge in [-0.25, -0.2) is 9.78 Å². The molecule has 0 radical (unpaired) electrons. The quantitative estimate of drug-likeness (QED) is 0.461. The van der Waals surface area contributed by atoms with Crippen molar-refractivity contribution >= 4 is 28.7 Å². The van der Waals surface area contributed by atoms with Crippen LogP contribution in [0, 0.1) is 27.7 Å². The van der Waals surface area contributed by atoms with Gasteiger partial charge >= 0.3 is 5.69 Å². The first-order chi connectivity index (χ1) is 14.0. The maximum absolute atomic E-state index is 13.1. The Kier molecular flexibility index (Phi) is 5.82. The first-order valence-corrected chi connectivity index (χ1v) is 10.9. The van der Waals surface area contributed by atoms with Gasteiger partial charge in [-0.2, -0.15) is 0 Å². The van der Waals surface area contributed by atoms with Crippen molar-refractivity contribution in [2.24, 2.45) is 14.1 Å². The molecule has 0 unspecified atom stereocenters. The lowest BCUT2D eigenvalue weighted by Gasteiger charge is -2.15. The molecule has 3 aromatic rings. The van der Waals surface area contributed by atoms with Crippen molar-refractivity contribution in [3.05, 3.63) is 54.7 Å². The number of carbonyl (C=O) groups is 1. The van der Waals surface area contributed by atoms with E-state index in [-0.39, 0.29) is 23.1 Å². The lowest BCUT2D eigenvalue weighted by Crippen LogP contribution is -2.37. The van der Waals surface area contributed by atoms with Crippen molar-refractivity contribution in [2.75, 3.05) is 5.75 Å². The maximum atomic E-state index is 13.1. The summed E-state index contributed by atoms with van der Waals surface area (Å²) in [6.07, 6.45) is 0. The normalized spacial score (nSPS) is 11.6. The van der Waals surface area contributed by atoms with Gasteiger partial charge in [0.2, 0.25) is 0 Å². The van der Waals surface area contributed by atoms with Crippen LogP contribution in [-0.4, -0.2) is 30.2 Å². The number of benzene rings is 1. The summed E-state index contributed by atoms with van der Waals surface area (Å²) in [7, 11) is 3.06. The van der Waals surface area contributed by atoms with Crippen LogP contribution in [0.3, 0.4) is 0 Å². The molecule has 2 aromatic heterocycles. The van der Waals surface area contributed by atoms with Gasteiger partial charge in [0, 0.05) is 25.7 Å².